The van der Waals surface area contributed by atoms with E-state index in [4.69, 9.17) is 9.88 Å². The van der Waals surface area contributed by atoms with Crippen LogP contribution in [0.3, 0.4) is 0 Å². The van der Waals surface area contributed by atoms with Crippen molar-refractivity contribution in [1.82, 2.24) is 4.98 Å². The third-order valence-corrected chi connectivity index (χ3v) is 4.85. The smallest absolute Gasteiger partial charge is 0.355 e. The molecule has 10 heteroatoms. The first kappa shape index (κ1) is 20.6. The Balaban J connectivity index is 1.98. The maximum absolute atomic E-state index is 12.2. The Morgan fingerprint density at radius 2 is 1.85 bits per heavy atom. The van der Waals surface area contributed by atoms with Gasteiger partial charge in [0.25, 0.3) is 5.91 Å². The quantitative estimate of drug-likeness (QED) is 0.538. The number of aromatic nitrogens is 1. The number of anilines is 1. The minimum atomic E-state index is -3.82. The monoisotopic (exact) mass is 395 g/mol. The molecule has 0 saturated carbocycles. The summed E-state index contributed by atoms with van der Waals surface area (Å²) in [4.78, 5) is 26.9. The number of esters is 1. The summed E-state index contributed by atoms with van der Waals surface area (Å²) in [5.74, 6) is -1.31. The van der Waals surface area contributed by atoms with Crippen LogP contribution >= 0.6 is 0 Å². The van der Waals surface area contributed by atoms with Crippen LogP contribution in [0.25, 0.3) is 0 Å². The fourth-order valence-electron chi connectivity index (χ4n) is 2.72. The van der Waals surface area contributed by atoms with E-state index in [0.29, 0.717) is 22.5 Å². The highest BCUT2D eigenvalue weighted by Gasteiger charge is 2.21. The molecular formula is C17H21N3O6S. The Bertz CT molecular complexity index is 961. The Hall–Kier alpha value is -2.69. The number of hydrogen-bond donors (Lipinski definition) is 4. The SMILES string of the molecule is Cc1[nH]c(C(=O)OCC(=O)Nc2ccc(S(N)(=O)=O)cc2)c(C)c1[C@@H](C)O. The third kappa shape index (κ3) is 4.94. The van der Waals surface area contributed by atoms with E-state index in [1.165, 1.54) is 24.3 Å². The van der Waals surface area contributed by atoms with E-state index >= 15 is 0 Å². The molecule has 0 saturated heterocycles. The van der Waals surface area contributed by atoms with E-state index in [1.807, 2.05) is 0 Å². The van der Waals surface area contributed by atoms with Gasteiger partial charge in [0.1, 0.15) is 5.69 Å². The third-order valence-electron chi connectivity index (χ3n) is 3.92. The number of nitrogens with two attached hydrogens (primary N) is 1. The molecule has 1 atom stereocenters. The molecule has 0 bridgehead atoms. The molecule has 1 heterocycles. The van der Waals surface area contributed by atoms with Gasteiger partial charge in [0, 0.05) is 16.9 Å². The number of carbonyl (C=O) groups excluding carboxylic acids is 2. The number of primary sulfonamides is 1. The molecule has 9 nitrogen and oxygen atoms in total. The van der Waals surface area contributed by atoms with Crippen molar-refractivity contribution in [2.75, 3.05) is 11.9 Å². The van der Waals surface area contributed by atoms with E-state index in [1.54, 1.807) is 20.8 Å². The number of amides is 1. The number of aliphatic hydroxyl groups is 1. The lowest BCUT2D eigenvalue weighted by Gasteiger charge is -2.08. The van der Waals surface area contributed by atoms with Gasteiger partial charge in [-0.3, -0.25) is 4.79 Å². The van der Waals surface area contributed by atoms with Gasteiger partial charge in [-0.25, -0.2) is 18.4 Å². The summed E-state index contributed by atoms with van der Waals surface area (Å²) < 4.78 is 27.4. The molecule has 0 aliphatic carbocycles. The molecule has 0 unspecified atom stereocenters. The number of aryl methyl sites for hydroxylation is 1. The van der Waals surface area contributed by atoms with Crippen molar-refractivity contribution in [1.29, 1.82) is 0 Å². The molecule has 0 fully saturated rings. The van der Waals surface area contributed by atoms with Gasteiger partial charge in [-0.05, 0) is 50.6 Å². The molecular weight excluding hydrogens is 374 g/mol. The maximum atomic E-state index is 12.2. The van der Waals surface area contributed by atoms with Crippen molar-refractivity contribution in [2.24, 2.45) is 5.14 Å². The van der Waals surface area contributed by atoms with Gasteiger partial charge in [0.15, 0.2) is 6.61 Å². The number of hydrogen-bond acceptors (Lipinski definition) is 6. The van der Waals surface area contributed by atoms with E-state index in [9.17, 15) is 23.1 Å². The minimum absolute atomic E-state index is 0.0848. The predicted molar refractivity (Wildman–Crippen MR) is 97.6 cm³/mol. The lowest BCUT2D eigenvalue weighted by molar-refractivity contribution is -0.119. The fraction of sp³-hybridized carbons (Fsp3) is 0.294. The Kier molecular flexibility index (Phi) is 6.04. The number of H-pyrrole nitrogens is 1. The van der Waals surface area contributed by atoms with Gasteiger partial charge in [-0.15, -0.1) is 0 Å². The van der Waals surface area contributed by atoms with Crippen molar-refractivity contribution >= 4 is 27.6 Å². The molecule has 2 rings (SSSR count). The molecule has 2 aromatic rings. The summed E-state index contributed by atoms with van der Waals surface area (Å²) in [6, 6.07) is 5.24. The number of ether oxygens (including phenoxy) is 1. The number of rotatable bonds is 6. The number of aromatic amines is 1. The van der Waals surface area contributed by atoms with Crippen LogP contribution < -0.4 is 10.5 Å². The highest BCUT2D eigenvalue weighted by molar-refractivity contribution is 7.89. The topological polar surface area (TPSA) is 152 Å². The molecule has 1 amide bonds. The molecule has 0 radical (unpaired) electrons. The summed E-state index contributed by atoms with van der Waals surface area (Å²) in [5, 5.41) is 17.2. The Morgan fingerprint density at radius 3 is 2.33 bits per heavy atom. The normalized spacial score (nSPS) is 12.5. The molecule has 0 aliphatic rings. The standard InChI is InChI=1S/C17H21N3O6S/c1-9-15(11(3)21)10(2)19-16(9)17(23)26-8-14(22)20-12-4-6-13(7-5-12)27(18,24)25/h4-7,11,19,21H,8H2,1-3H3,(H,20,22)(H2,18,24,25)/t11-/m1/s1. The van der Waals surface area contributed by atoms with Gasteiger partial charge in [0.05, 0.1) is 11.0 Å². The number of benzene rings is 1. The first-order valence-electron chi connectivity index (χ1n) is 7.97. The second-order valence-corrected chi connectivity index (χ2v) is 7.59. The summed E-state index contributed by atoms with van der Waals surface area (Å²) in [7, 11) is -3.82. The molecule has 0 aliphatic heterocycles. The van der Waals surface area contributed by atoms with E-state index < -0.39 is 34.6 Å². The van der Waals surface area contributed by atoms with Crippen molar-refractivity contribution in [2.45, 2.75) is 31.8 Å². The first-order chi connectivity index (χ1) is 12.5. The van der Waals surface area contributed by atoms with Crippen molar-refractivity contribution in [3.63, 3.8) is 0 Å². The van der Waals surface area contributed by atoms with Gasteiger partial charge in [-0.2, -0.15) is 0 Å². The zero-order chi connectivity index (χ0) is 20.4. The lowest BCUT2D eigenvalue weighted by Crippen LogP contribution is -2.21. The van der Waals surface area contributed by atoms with E-state index in [0.717, 1.165) is 0 Å². The average Bonchev–Trinajstić information content (AvgIpc) is 2.87. The molecule has 27 heavy (non-hydrogen) atoms. The van der Waals surface area contributed by atoms with Crippen LogP contribution in [0, 0.1) is 13.8 Å². The average molecular weight is 395 g/mol. The van der Waals surface area contributed by atoms with E-state index in [-0.39, 0.29) is 10.6 Å². The zero-order valence-electron chi connectivity index (χ0n) is 15.1. The molecule has 146 valence electrons. The minimum Gasteiger partial charge on any atom is -0.451 e. The van der Waals surface area contributed by atoms with Crippen LogP contribution in [0.2, 0.25) is 0 Å². The Labute approximate surface area is 156 Å². The largest absolute Gasteiger partial charge is 0.451 e. The molecule has 5 N–H and O–H groups in total. The number of sulfonamides is 1. The van der Waals surface area contributed by atoms with Crippen LogP contribution in [-0.4, -0.2) is 37.0 Å². The van der Waals surface area contributed by atoms with Crippen molar-refractivity contribution in [3.8, 4) is 0 Å². The molecule has 1 aromatic heterocycles. The van der Waals surface area contributed by atoms with Crippen LogP contribution in [-0.2, 0) is 19.6 Å². The van der Waals surface area contributed by atoms with Crippen LogP contribution in [0.15, 0.2) is 29.2 Å². The number of carbonyl (C=O) groups is 2. The molecule has 0 spiro atoms. The van der Waals surface area contributed by atoms with Gasteiger partial charge in [-0.1, -0.05) is 0 Å². The van der Waals surface area contributed by atoms with Crippen LogP contribution in [0.5, 0.6) is 0 Å². The Morgan fingerprint density at radius 1 is 1.26 bits per heavy atom. The second kappa shape index (κ2) is 7.91. The summed E-state index contributed by atoms with van der Waals surface area (Å²) >= 11 is 0. The van der Waals surface area contributed by atoms with Gasteiger partial charge < -0.3 is 20.1 Å². The van der Waals surface area contributed by atoms with Crippen LogP contribution in [0.4, 0.5) is 5.69 Å². The predicted octanol–water partition coefficient (Wildman–Crippen LogP) is 1.13. The number of aliphatic hydroxyl groups excluding tert-OH is 1. The highest BCUT2D eigenvalue weighted by Crippen LogP contribution is 2.24. The lowest BCUT2D eigenvalue weighted by atomic mass is 10.1. The first-order valence-corrected chi connectivity index (χ1v) is 9.52. The second-order valence-electron chi connectivity index (χ2n) is 6.03. The van der Waals surface area contributed by atoms with Gasteiger partial charge in [0.2, 0.25) is 10.0 Å². The fourth-order valence-corrected chi connectivity index (χ4v) is 3.24. The maximum Gasteiger partial charge on any atom is 0.355 e. The zero-order valence-corrected chi connectivity index (χ0v) is 15.9. The summed E-state index contributed by atoms with van der Waals surface area (Å²) in [5.41, 5.74) is 2.32. The summed E-state index contributed by atoms with van der Waals surface area (Å²) in [6.45, 7) is 4.46. The number of nitrogens with one attached hydrogen (secondary N) is 2. The van der Waals surface area contributed by atoms with Gasteiger partial charge >= 0.3 is 5.97 Å². The molecule has 1 aromatic carbocycles. The van der Waals surface area contributed by atoms with E-state index in [2.05, 4.69) is 10.3 Å². The van der Waals surface area contributed by atoms with Crippen molar-refractivity contribution in [3.05, 3.63) is 46.8 Å². The highest BCUT2D eigenvalue weighted by atomic mass is 32.2. The van der Waals surface area contributed by atoms with Crippen LogP contribution in [0.1, 0.15) is 40.3 Å². The summed E-state index contributed by atoms with van der Waals surface area (Å²) in [6.07, 6.45) is -0.744. The van der Waals surface area contributed by atoms with Crippen molar-refractivity contribution < 1.29 is 27.9 Å².